The second kappa shape index (κ2) is 10.0. The van der Waals surface area contributed by atoms with Crippen molar-refractivity contribution in [3.63, 3.8) is 0 Å². The highest BCUT2D eigenvalue weighted by Gasteiger charge is 2.20. The van der Waals surface area contributed by atoms with Gasteiger partial charge in [0.05, 0.1) is 31.1 Å². The Balaban J connectivity index is 1.64. The number of carbonyl (C=O) groups is 2. The largest absolute Gasteiger partial charge is 0.496 e. The average Bonchev–Trinajstić information content (AvgIpc) is 2.76. The molecule has 0 spiro atoms. The first kappa shape index (κ1) is 22.2. The fourth-order valence-electron chi connectivity index (χ4n) is 2.59. The molecule has 0 bridgehead atoms. The van der Waals surface area contributed by atoms with Crippen LogP contribution in [-0.2, 0) is 0 Å². The molecule has 2 aromatic carbocycles. The lowest BCUT2D eigenvalue weighted by molar-refractivity contribution is 0.0961. The van der Waals surface area contributed by atoms with Crippen LogP contribution >= 0.6 is 23.2 Å². The predicted octanol–water partition coefficient (Wildman–Crippen LogP) is 5.16. The number of carbonyl (C=O) groups excluding carboxylic acids is 2. The van der Waals surface area contributed by atoms with Gasteiger partial charge in [0.25, 0.3) is 5.91 Å². The summed E-state index contributed by atoms with van der Waals surface area (Å²) in [6.07, 6.45) is 1.37. The number of nitrogens with one attached hydrogen (secondary N) is 2. The number of anilines is 1. The van der Waals surface area contributed by atoms with Gasteiger partial charge >= 0.3 is 6.03 Å². The van der Waals surface area contributed by atoms with Crippen molar-refractivity contribution in [3.05, 3.63) is 70.3 Å². The summed E-state index contributed by atoms with van der Waals surface area (Å²) in [4.78, 5) is 28.9. The van der Waals surface area contributed by atoms with Gasteiger partial charge in [0, 0.05) is 11.1 Å². The van der Waals surface area contributed by atoms with Crippen LogP contribution in [0.15, 0.2) is 54.7 Å². The number of pyridine rings is 1. The maximum atomic E-state index is 12.5. The molecule has 3 rings (SSSR count). The Morgan fingerprint density at radius 2 is 1.65 bits per heavy atom. The molecule has 0 unspecified atom stereocenters. The predicted molar refractivity (Wildman–Crippen MR) is 117 cm³/mol. The van der Waals surface area contributed by atoms with Gasteiger partial charge < -0.3 is 19.5 Å². The monoisotopic (exact) mass is 461 g/mol. The fourth-order valence-corrected chi connectivity index (χ4v) is 3.04. The van der Waals surface area contributed by atoms with Gasteiger partial charge in [-0.1, -0.05) is 29.3 Å². The van der Waals surface area contributed by atoms with Gasteiger partial charge in [-0.2, -0.15) is 0 Å². The SMILES string of the molecule is COc1cccc(OC)c1C(=O)NC(=O)Nc1ccc(Oc2ccc(Cl)cc2Cl)nc1. The maximum Gasteiger partial charge on any atom is 0.326 e. The third-order valence-electron chi connectivity index (χ3n) is 3.98. The number of hydrogen-bond acceptors (Lipinski definition) is 6. The number of aromatic nitrogens is 1. The van der Waals surface area contributed by atoms with Crippen molar-refractivity contribution in [1.82, 2.24) is 10.3 Å². The second-order valence-corrected chi connectivity index (χ2v) is 6.85. The molecular weight excluding hydrogens is 445 g/mol. The number of hydrogen-bond donors (Lipinski definition) is 2. The van der Waals surface area contributed by atoms with E-state index in [1.54, 1.807) is 42.5 Å². The molecule has 3 amide bonds. The summed E-state index contributed by atoms with van der Waals surface area (Å²) in [5, 5.41) is 5.55. The van der Waals surface area contributed by atoms with Crippen molar-refractivity contribution in [2.45, 2.75) is 0 Å². The quantitative estimate of drug-likeness (QED) is 0.525. The summed E-state index contributed by atoms with van der Waals surface area (Å²) in [5.41, 5.74) is 0.441. The number of rotatable bonds is 6. The molecule has 1 heterocycles. The van der Waals surface area contributed by atoms with Gasteiger partial charge in [-0.25, -0.2) is 9.78 Å². The van der Waals surface area contributed by atoms with E-state index in [4.69, 9.17) is 37.4 Å². The first-order chi connectivity index (χ1) is 14.9. The normalized spacial score (nSPS) is 10.2. The van der Waals surface area contributed by atoms with Gasteiger partial charge in [0.1, 0.15) is 22.8 Å². The molecule has 1 aromatic heterocycles. The number of amides is 3. The van der Waals surface area contributed by atoms with Crippen molar-refractivity contribution in [3.8, 4) is 23.1 Å². The molecule has 0 atom stereocenters. The molecule has 0 aliphatic carbocycles. The van der Waals surface area contributed by atoms with E-state index in [0.29, 0.717) is 21.5 Å². The number of imide groups is 1. The van der Waals surface area contributed by atoms with Crippen LogP contribution in [0.2, 0.25) is 10.0 Å². The zero-order chi connectivity index (χ0) is 22.4. The lowest BCUT2D eigenvalue weighted by Gasteiger charge is -2.13. The van der Waals surface area contributed by atoms with Crippen molar-refractivity contribution in [2.75, 3.05) is 19.5 Å². The Bertz CT molecular complexity index is 1080. The molecule has 0 aliphatic rings. The molecule has 160 valence electrons. The van der Waals surface area contributed by atoms with Crippen molar-refractivity contribution < 1.29 is 23.8 Å². The van der Waals surface area contributed by atoms with Crippen LogP contribution in [0, 0.1) is 0 Å². The van der Waals surface area contributed by atoms with E-state index < -0.39 is 11.9 Å². The van der Waals surface area contributed by atoms with Gasteiger partial charge in [-0.05, 0) is 36.4 Å². The topological polar surface area (TPSA) is 98.8 Å². The minimum atomic E-state index is -0.755. The molecule has 8 nitrogen and oxygen atoms in total. The number of ether oxygens (including phenoxy) is 3. The molecule has 0 aliphatic heterocycles. The number of urea groups is 1. The van der Waals surface area contributed by atoms with Crippen LogP contribution in [-0.4, -0.2) is 31.1 Å². The minimum absolute atomic E-state index is 0.101. The Morgan fingerprint density at radius 3 is 2.23 bits per heavy atom. The Hall–Kier alpha value is -3.49. The lowest BCUT2D eigenvalue weighted by atomic mass is 10.1. The van der Waals surface area contributed by atoms with E-state index in [2.05, 4.69) is 15.6 Å². The van der Waals surface area contributed by atoms with Crippen LogP contribution in [0.1, 0.15) is 10.4 Å². The zero-order valence-electron chi connectivity index (χ0n) is 16.4. The number of methoxy groups -OCH3 is 2. The Morgan fingerprint density at radius 1 is 0.935 bits per heavy atom. The zero-order valence-corrected chi connectivity index (χ0v) is 18.0. The van der Waals surface area contributed by atoms with Crippen LogP contribution in [0.3, 0.4) is 0 Å². The highest BCUT2D eigenvalue weighted by atomic mass is 35.5. The molecule has 2 N–H and O–H groups in total. The lowest BCUT2D eigenvalue weighted by Crippen LogP contribution is -2.34. The molecule has 10 heteroatoms. The number of halogens is 2. The summed E-state index contributed by atoms with van der Waals surface area (Å²) in [6.45, 7) is 0. The Kier molecular flexibility index (Phi) is 7.17. The van der Waals surface area contributed by atoms with E-state index in [-0.39, 0.29) is 22.9 Å². The number of benzene rings is 2. The molecule has 31 heavy (non-hydrogen) atoms. The molecule has 3 aromatic rings. The van der Waals surface area contributed by atoms with Crippen LogP contribution in [0.5, 0.6) is 23.1 Å². The van der Waals surface area contributed by atoms with Crippen LogP contribution in [0.4, 0.5) is 10.5 Å². The first-order valence-corrected chi connectivity index (χ1v) is 9.59. The fraction of sp³-hybridized carbons (Fsp3) is 0.0952. The highest BCUT2D eigenvalue weighted by molar-refractivity contribution is 6.35. The molecule has 0 fully saturated rings. The van der Waals surface area contributed by atoms with E-state index in [9.17, 15) is 9.59 Å². The molecule has 0 radical (unpaired) electrons. The van der Waals surface area contributed by atoms with Crippen molar-refractivity contribution >= 4 is 40.8 Å². The maximum absolute atomic E-state index is 12.5. The average molecular weight is 462 g/mol. The van der Waals surface area contributed by atoms with E-state index >= 15 is 0 Å². The summed E-state index contributed by atoms with van der Waals surface area (Å²) >= 11 is 11.9. The van der Waals surface area contributed by atoms with Crippen LogP contribution < -0.4 is 24.8 Å². The summed E-state index contributed by atoms with van der Waals surface area (Å²) < 4.78 is 15.9. The third kappa shape index (κ3) is 5.56. The van der Waals surface area contributed by atoms with Gasteiger partial charge in [0.15, 0.2) is 0 Å². The standard InChI is InChI=1S/C21H17Cl2N3O5/c1-29-16-4-3-5-17(30-2)19(16)20(27)26-21(28)25-13-7-9-18(24-11-13)31-15-8-6-12(22)10-14(15)23/h3-11H,1-2H3,(H2,25,26,27,28). The summed E-state index contributed by atoms with van der Waals surface area (Å²) in [5.74, 6) is 0.498. The molecular formula is C21H17Cl2N3O5. The number of nitrogens with zero attached hydrogens (tertiary/aromatic N) is 1. The second-order valence-electron chi connectivity index (χ2n) is 6.01. The Labute approximate surface area is 188 Å². The third-order valence-corrected chi connectivity index (χ3v) is 4.52. The summed E-state index contributed by atoms with van der Waals surface area (Å²) in [6, 6.07) is 12.0. The summed E-state index contributed by atoms with van der Waals surface area (Å²) in [7, 11) is 2.83. The van der Waals surface area contributed by atoms with E-state index in [1.165, 1.54) is 26.5 Å². The molecule has 0 saturated carbocycles. The molecule has 0 saturated heterocycles. The first-order valence-electron chi connectivity index (χ1n) is 8.83. The van der Waals surface area contributed by atoms with Crippen molar-refractivity contribution in [1.29, 1.82) is 0 Å². The van der Waals surface area contributed by atoms with Gasteiger partial charge in [0.2, 0.25) is 5.88 Å². The van der Waals surface area contributed by atoms with Gasteiger partial charge in [-0.3, -0.25) is 10.1 Å². The minimum Gasteiger partial charge on any atom is -0.496 e. The van der Waals surface area contributed by atoms with Crippen molar-refractivity contribution in [2.24, 2.45) is 0 Å². The van der Waals surface area contributed by atoms with E-state index in [1.807, 2.05) is 0 Å². The smallest absolute Gasteiger partial charge is 0.326 e. The van der Waals surface area contributed by atoms with E-state index in [0.717, 1.165) is 0 Å². The van der Waals surface area contributed by atoms with Crippen LogP contribution in [0.25, 0.3) is 0 Å². The van der Waals surface area contributed by atoms with Gasteiger partial charge in [-0.15, -0.1) is 0 Å². The highest BCUT2D eigenvalue weighted by Crippen LogP contribution is 2.31.